The molecule has 3 aliphatic rings. The number of rotatable bonds is 5. The van der Waals surface area contributed by atoms with Crippen LogP contribution in [0.1, 0.15) is 68.9 Å². The summed E-state index contributed by atoms with van der Waals surface area (Å²) in [6.45, 7) is 3.66. The molecule has 1 aromatic heterocycles. The molecule has 1 amide bonds. The number of amides is 1. The van der Waals surface area contributed by atoms with Crippen LogP contribution in [0.4, 0.5) is 6.01 Å². The first-order valence-electron chi connectivity index (χ1n) is 10.4. The fourth-order valence-corrected chi connectivity index (χ4v) is 5.80. The lowest BCUT2D eigenvalue weighted by Crippen LogP contribution is -2.30. The third kappa shape index (κ3) is 5.13. The number of nitrogens with zero attached hydrogens (tertiary/aromatic N) is 3. The molecule has 0 saturated carbocycles. The van der Waals surface area contributed by atoms with Crippen LogP contribution < -0.4 is 5.32 Å². The van der Waals surface area contributed by atoms with Crippen LogP contribution in [-0.4, -0.2) is 45.9 Å². The number of nitrogens with one attached hydrogen (secondary N) is 1. The van der Waals surface area contributed by atoms with Crippen molar-refractivity contribution in [2.75, 3.05) is 25.0 Å². The summed E-state index contributed by atoms with van der Waals surface area (Å²) >= 11 is 1.96. The van der Waals surface area contributed by atoms with Gasteiger partial charge in [0.25, 0.3) is 0 Å². The normalized spacial score (nSPS) is 29.6. The van der Waals surface area contributed by atoms with Crippen molar-refractivity contribution in [1.82, 2.24) is 15.1 Å². The van der Waals surface area contributed by atoms with Crippen molar-refractivity contribution in [3.63, 3.8) is 0 Å². The first kappa shape index (κ1) is 19.0. The second kappa shape index (κ2) is 9.24. The lowest BCUT2D eigenvalue weighted by Gasteiger charge is -2.23. The van der Waals surface area contributed by atoms with Crippen LogP contribution >= 0.6 is 11.8 Å². The highest BCUT2D eigenvalue weighted by Gasteiger charge is 2.32. The van der Waals surface area contributed by atoms with E-state index in [-0.39, 0.29) is 23.1 Å². The molecular formula is C20H30N4O2S. The van der Waals surface area contributed by atoms with Gasteiger partial charge in [0.05, 0.1) is 5.25 Å². The molecule has 1 N–H and O–H groups in total. The zero-order valence-electron chi connectivity index (χ0n) is 15.9. The maximum absolute atomic E-state index is 12.3. The Bertz CT molecular complexity index is 654. The number of aromatic nitrogens is 2. The van der Waals surface area contributed by atoms with Gasteiger partial charge in [-0.3, -0.25) is 10.1 Å². The molecule has 3 atom stereocenters. The molecule has 2 aliphatic heterocycles. The SMILES string of the molecule is O=C(Nc1nnc(C2CCC(CN3CCCCCC3)S2)o1)C1CC=CCC1. The fourth-order valence-electron chi connectivity index (χ4n) is 4.28. The number of allylic oxidation sites excluding steroid dienone is 2. The Morgan fingerprint density at radius 2 is 2.00 bits per heavy atom. The summed E-state index contributed by atoms with van der Waals surface area (Å²) in [5.41, 5.74) is 0. The molecule has 6 nitrogen and oxygen atoms in total. The van der Waals surface area contributed by atoms with Gasteiger partial charge in [-0.25, -0.2) is 0 Å². The fraction of sp³-hybridized carbons (Fsp3) is 0.750. The molecule has 1 aliphatic carbocycles. The molecule has 1 aromatic rings. The smallest absolute Gasteiger partial charge is 0.322 e. The molecule has 27 heavy (non-hydrogen) atoms. The molecule has 2 fully saturated rings. The van der Waals surface area contributed by atoms with Crippen molar-refractivity contribution in [2.45, 2.75) is 68.3 Å². The Morgan fingerprint density at radius 1 is 1.15 bits per heavy atom. The standard InChI is InChI=1S/C20H30N4O2S/c25-18(15-8-4-3-5-9-15)21-20-23-22-19(26-20)17-11-10-16(27-17)14-24-12-6-1-2-7-13-24/h3-4,15-17H,1-2,5-14H2,(H,21,23,25). The Balaban J connectivity index is 1.27. The largest absolute Gasteiger partial charge is 0.407 e. The maximum atomic E-state index is 12.3. The van der Waals surface area contributed by atoms with Crippen LogP contribution in [0.5, 0.6) is 0 Å². The predicted molar refractivity (Wildman–Crippen MR) is 108 cm³/mol. The number of thioether (sulfide) groups is 1. The third-order valence-corrected chi connectivity index (χ3v) is 7.39. The van der Waals surface area contributed by atoms with Crippen molar-refractivity contribution in [3.05, 3.63) is 18.0 Å². The number of carbonyl (C=O) groups is 1. The van der Waals surface area contributed by atoms with E-state index < -0.39 is 0 Å². The van der Waals surface area contributed by atoms with E-state index in [1.165, 1.54) is 51.7 Å². The number of likely N-dealkylation sites (tertiary alicyclic amines) is 1. The van der Waals surface area contributed by atoms with Crippen LogP contribution in [0.15, 0.2) is 16.6 Å². The van der Waals surface area contributed by atoms with Gasteiger partial charge < -0.3 is 9.32 Å². The Hall–Kier alpha value is -1.34. The van der Waals surface area contributed by atoms with Gasteiger partial charge in [-0.2, -0.15) is 0 Å². The molecule has 0 radical (unpaired) electrons. The second-order valence-corrected chi connectivity index (χ2v) is 9.46. The average molecular weight is 391 g/mol. The summed E-state index contributed by atoms with van der Waals surface area (Å²) in [5, 5.41) is 12.0. The highest BCUT2D eigenvalue weighted by Crippen LogP contribution is 2.44. The van der Waals surface area contributed by atoms with E-state index in [0.717, 1.165) is 25.7 Å². The lowest BCUT2D eigenvalue weighted by molar-refractivity contribution is -0.120. The van der Waals surface area contributed by atoms with Crippen molar-refractivity contribution in [3.8, 4) is 0 Å². The minimum absolute atomic E-state index is 0.00679. The molecule has 4 rings (SSSR count). The van der Waals surface area contributed by atoms with Gasteiger partial charge in [0.15, 0.2) is 0 Å². The molecule has 3 heterocycles. The van der Waals surface area contributed by atoms with Crippen molar-refractivity contribution < 1.29 is 9.21 Å². The summed E-state index contributed by atoms with van der Waals surface area (Å²) in [5.74, 6) is 0.675. The van der Waals surface area contributed by atoms with Crippen LogP contribution in [0, 0.1) is 5.92 Å². The lowest BCUT2D eigenvalue weighted by atomic mass is 9.94. The van der Waals surface area contributed by atoms with Crippen molar-refractivity contribution in [2.24, 2.45) is 5.92 Å². The summed E-state index contributed by atoms with van der Waals surface area (Å²) in [6.07, 6.45) is 14.6. The first-order chi connectivity index (χ1) is 13.3. The Kier molecular flexibility index (Phi) is 6.50. The van der Waals surface area contributed by atoms with Gasteiger partial charge in [0.2, 0.25) is 11.8 Å². The minimum Gasteiger partial charge on any atom is -0.407 e. The zero-order valence-corrected chi connectivity index (χ0v) is 16.8. The Morgan fingerprint density at radius 3 is 2.78 bits per heavy atom. The predicted octanol–water partition coefficient (Wildman–Crippen LogP) is 4.18. The van der Waals surface area contributed by atoms with Crippen LogP contribution in [0.3, 0.4) is 0 Å². The second-order valence-electron chi connectivity index (χ2n) is 7.95. The van der Waals surface area contributed by atoms with Gasteiger partial charge in [-0.05, 0) is 58.0 Å². The summed E-state index contributed by atoms with van der Waals surface area (Å²) in [4.78, 5) is 14.9. The molecule has 0 aromatic carbocycles. The van der Waals surface area contributed by atoms with Crippen molar-refractivity contribution >= 4 is 23.7 Å². The number of anilines is 1. The highest BCUT2D eigenvalue weighted by molar-refractivity contribution is 8.00. The zero-order chi connectivity index (χ0) is 18.5. The van der Waals surface area contributed by atoms with E-state index in [1.807, 2.05) is 11.8 Å². The topological polar surface area (TPSA) is 71.3 Å². The number of hydrogen-bond donors (Lipinski definition) is 1. The van der Waals surface area contributed by atoms with Gasteiger partial charge in [-0.1, -0.05) is 30.1 Å². The monoisotopic (exact) mass is 390 g/mol. The molecule has 3 unspecified atom stereocenters. The maximum Gasteiger partial charge on any atom is 0.322 e. The van der Waals surface area contributed by atoms with Crippen LogP contribution in [-0.2, 0) is 4.79 Å². The quantitative estimate of drug-likeness (QED) is 0.761. The highest BCUT2D eigenvalue weighted by atomic mass is 32.2. The van der Waals surface area contributed by atoms with Crippen molar-refractivity contribution in [1.29, 1.82) is 0 Å². The first-order valence-corrected chi connectivity index (χ1v) is 11.4. The van der Waals surface area contributed by atoms with Crippen LogP contribution in [0.2, 0.25) is 0 Å². The molecular weight excluding hydrogens is 360 g/mol. The van der Waals surface area contributed by atoms with Crippen LogP contribution in [0.25, 0.3) is 0 Å². The van der Waals surface area contributed by atoms with E-state index in [4.69, 9.17) is 4.42 Å². The van der Waals surface area contributed by atoms with Gasteiger partial charge in [0.1, 0.15) is 0 Å². The molecule has 148 valence electrons. The third-order valence-electron chi connectivity index (χ3n) is 5.85. The van der Waals surface area contributed by atoms with E-state index in [0.29, 0.717) is 11.1 Å². The van der Waals surface area contributed by atoms with Gasteiger partial charge in [0, 0.05) is 17.7 Å². The molecule has 0 bridgehead atoms. The van der Waals surface area contributed by atoms with Gasteiger partial charge in [-0.15, -0.1) is 16.9 Å². The number of carbonyl (C=O) groups excluding carboxylic acids is 1. The molecule has 7 heteroatoms. The average Bonchev–Trinajstić information content (AvgIpc) is 3.27. The molecule has 2 saturated heterocycles. The van der Waals surface area contributed by atoms with E-state index in [2.05, 4.69) is 32.6 Å². The van der Waals surface area contributed by atoms with E-state index >= 15 is 0 Å². The number of hydrogen-bond acceptors (Lipinski definition) is 6. The minimum atomic E-state index is -0.00679. The van der Waals surface area contributed by atoms with E-state index in [1.54, 1.807) is 0 Å². The Labute approximate surface area is 165 Å². The summed E-state index contributed by atoms with van der Waals surface area (Å²) < 4.78 is 5.78. The molecule has 0 spiro atoms. The van der Waals surface area contributed by atoms with Gasteiger partial charge >= 0.3 is 6.01 Å². The summed E-state index contributed by atoms with van der Waals surface area (Å²) in [7, 11) is 0. The summed E-state index contributed by atoms with van der Waals surface area (Å²) in [6, 6.07) is 0.251. The van der Waals surface area contributed by atoms with E-state index in [9.17, 15) is 4.79 Å².